The largest absolute Gasteiger partial charge is 0.338 e. The Hall–Kier alpha value is -2.19. The van der Waals surface area contributed by atoms with Gasteiger partial charge in [-0.3, -0.25) is 10.1 Å². The molecule has 1 saturated heterocycles. The van der Waals surface area contributed by atoms with Gasteiger partial charge in [0.05, 0.1) is 0 Å². The molecule has 3 rings (SSSR count). The zero-order valence-electron chi connectivity index (χ0n) is 13.7. The number of amides is 3. The van der Waals surface area contributed by atoms with Crippen LogP contribution < -0.4 is 10.6 Å². The minimum atomic E-state index is -0.481. The van der Waals surface area contributed by atoms with Gasteiger partial charge in [0.25, 0.3) is 0 Å². The van der Waals surface area contributed by atoms with Crippen LogP contribution >= 0.6 is 22.9 Å². The van der Waals surface area contributed by atoms with Crippen molar-refractivity contribution in [3.05, 3.63) is 29.3 Å². The number of rotatable bonds is 4. The smallest absolute Gasteiger partial charge is 0.318 e. The Morgan fingerprint density at radius 1 is 1.40 bits per heavy atom. The predicted octanol–water partition coefficient (Wildman–Crippen LogP) is 2.99. The van der Waals surface area contributed by atoms with E-state index in [4.69, 9.17) is 11.6 Å². The summed E-state index contributed by atoms with van der Waals surface area (Å²) in [5, 5.41) is 15.3. The Morgan fingerprint density at radius 3 is 3.00 bits per heavy atom. The molecule has 0 radical (unpaired) electrons. The number of halogens is 1. The van der Waals surface area contributed by atoms with E-state index in [1.54, 1.807) is 17.0 Å². The Balaban J connectivity index is 1.68. The van der Waals surface area contributed by atoms with E-state index in [1.807, 2.05) is 19.1 Å². The summed E-state index contributed by atoms with van der Waals surface area (Å²) < 4.78 is 0. The summed E-state index contributed by atoms with van der Waals surface area (Å²) in [6, 6.07) is 6.60. The summed E-state index contributed by atoms with van der Waals surface area (Å²) in [7, 11) is 0. The van der Waals surface area contributed by atoms with E-state index in [1.165, 1.54) is 11.3 Å². The van der Waals surface area contributed by atoms with Gasteiger partial charge in [-0.2, -0.15) is 0 Å². The van der Waals surface area contributed by atoms with Crippen LogP contribution in [0.1, 0.15) is 19.8 Å². The molecule has 0 spiro atoms. The summed E-state index contributed by atoms with van der Waals surface area (Å²) in [5.41, 5.74) is 0.843. The molecule has 9 heteroatoms. The topological polar surface area (TPSA) is 87.2 Å². The van der Waals surface area contributed by atoms with Crippen molar-refractivity contribution in [3.63, 3.8) is 0 Å². The van der Waals surface area contributed by atoms with Crippen LogP contribution in [0.15, 0.2) is 24.3 Å². The number of aromatic nitrogens is 2. The van der Waals surface area contributed by atoms with E-state index in [9.17, 15) is 9.59 Å². The lowest BCUT2D eigenvalue weighted by Crippen LogP contribution is -2.47. The predicted molar refractivity (Wildman–Crippen MR) is 97.8 cm³/mol. The maximum absolute atomic E-state index is 12.5. The lowest BCUT2D eigenvalue weighted by atomic mass is 10.2. The molecular weight excluding hydrogens is 362 g/mol. The average molecular weight is 380 g/mol. The number of benzene rings is 1. The molecular formula is C16H18ClN5O2S. The van der Waals surface area contributed by atoms with Gasteiger partial charge in [0, 0.05) is 23.7 Å². The van der Waals surface area contributed by atoms with Crippen molar-refractivity contribution < 1.29 is 9.59 Å². The van der Waals surface area contributed by atoms with Crippen molar-refractivity contribution >= 4 is 40.0 Å². The van der Waals surface area contributed by atoms with E-state index in [2.05, 4.69) is 20.8 Å². The first-order chi connectivity index (χ1) is 12.1. The standard InChI is InChI=1S/C16H18ClN5O2S/c1-2-18-16(24)22-8-4-7-12(22)13(23)19-15-21-20-14(25-15)10-5-3-6-11(17)9-10/h3,5-6,9,12H,2,4,7-8H2,1H3,(H,18,24)(H,19,21,23). The van der Waals surface area contributed by atoms with Crippen LogP contribution in [0, 0.1) is 0 Å². The van der Waals surface area contributed by atoms with Crippen LogP contribution in [-0.4, -0.2) is 46.2 Å². The number of carbonyl (C=O) groups is 2. The molecule has 3 amide bonds. The zero-order valence-corrected chi connectivity index (χ0v) is 15.2. The van der Waals surface area contributed by atoms with Gasteiger partial charge < -0.3 is 10.2 Å². The highest BCUT2D eigenvalue weighted by Crippen LogP contribution is 2.28. The van der Waals surface area contributed by atoms with Gasteiger partial charge in [-0.25, -0.2) is 4.79 Å². The van der Waals surface area contributed by atoms with Crippen LogP contribution in [-0.2, 0) is 4.79 Å². The third-order valence-electron chi connectivity index (χ3n) is 3.87. The first-order valence-electron chi connectivity index (χ1n) is 8.03. The van der Waals surface area contributed by atoms with E-state index in [0.29, 0.717) is 34.7 Å². The average Bonchev–Trinajstić information content (AvgIpc) is 3.24. The van der Waals surface area contributed by atoms with Crippen molar-refractivity contribution in [1.29, 1.82) is 0 Å². The summed E-state index contributed by atoms with van der Waals surface area (Å²) in [4.78, 5) is 26.1. The summed E-state index contributed by atoms with van der Waals surface area (Å²) >= 11 is 7.26. The molecule has 1 aliphatic rings. The molecule has 1 aromatic carbocycles. The number of anilines is 1. The van der Waals surface area contributed by atoms with Crippen molar-refractivity contribution in [2.24, 2.45) is 0 Å². The Labute approximate surface area is 154 Å². The molecule has 2 N–H and O–H groups in total. The summed E-state index contributed by atoms with van der Waals surface area (Å²) in [5.74, 6) is -0.238. The molecule has 1 atom stereocenters. The lowest BCUT2D eigenvalue weighted by Gasteiger charge is -2.23. The maximum Gasteiger partial charge on any atom is 0.318 e. The Morgan fingerprint density at radius 2 is 2.24 bits per heavy atom. The van der Waals surface area contributed by atoms with E-state index in [0.717, 1.165) is 12.0 Å². The van der Waals surface area contributed by atoms with Gasteiger partial charge in [0.2, 0.25) is 11.0 Å². The van der Waals surface area contributed by atoms with Crippen molar-refractivity contribution in [2.75, 3.05) is 18.4 Å². The molecule has 132 valence electrons. The molecule has 1 fully saturated rings. The first-order valence-corrected chi connectivity index (χ1v) is 9.22. The highest BCUT2D eigenvalue weighted by molar-refractivity contribution is 7.18. The van der Waals surface area contributed by atoms with E-state index in [-0.39, 0.29) is 11.9 Å². The van der Waals surface area contributed by atoms with Gasteiger partial charge in [0.1, 0.15) is 11.0 Å². The van der Waals surface area contributed by atoms with Crippen LogP contribution in [0.5, 0.6) is 0 Å². The highest BCUT2D eigenvalue weighted by Gasteiger charge is 2.34. The fraction of sp³-hybridized carbons (Fsp3) is 0.375. The quantitative estimate of drug-likeness (QED) is 0.854. The first kappa shape index (κ1) is 17.6. The van der Waals surface area contributed by atoms with Gasteiger partial charge in [-0.1, -0.05) is 35.1 Å². The summed E-state index contributed by atoms with van der Waals surface area (Å²) in [6.07, 6.45) is 1.45. The number of carbonyl (C=O) groups excluding carboxylic acids is 2. The maximum atomic E-state index is 12.5. The Kier molecular flexibility index (Phi) is 5.50. The number of urea groups is 1. The number of nitrogens with one attached hydrogen (secondary N) is 2. The molecule has 0 bridgehead atoms. The van der Waals surface area contributed by atoms with Crippen molar-refractivity contribution in [2.45, 2.75) is 25.8 Å². The van der Waals surface area contributed by atoms with Crippen LogP contribution in [0.2, 0.25) is 5.02 Å². The molecule has 0 saturated carbocycles. The summed E-state index contributed by atoms with van der Waals surface area (Å²) in [6.45, 7) is 2.96. The minimum Gasteiger partial charge on any atom is -0.338 e. The van der Waals surface area contributed by atoms with Crippen molar-refractivity contribution in [3.8, 4) is 10.6 Å². The number of hydrogen-bond acceptors (Lipinski definition) is 5. The monoisotopic (exact) mass is 379 g/mol. The third-order valence-corrected chi connectivity index (χ3v) is 4.99. The van der Waals surface area contributed by atoms with E-state index >= 15 is 0 Å². The fourth-order valence-electron chi connectivity index (χ4n) is 2.74. The normalized spacial score (nSPS) is 16.7. The number of likely N-dealkylation sites (tertiary alicyclic amines) is 1. The van der Waals surface area contributed by atoms with Gasteiger partial charge in [-0.15, -0.1) is 10.2 Å². The van der Waals surface area contributed by atoms with Gasteiger partial charge >= 0.3 is 6.03 Å². The molecule has 25 heavy (non-hydrogen) atoms. The van der Waals surface area contributed by atoms with E-state index < -0.39 is 6.04 Å². The SMILES string of the molecule is CCNC(=O)N1CCCC1C(=O)Nc1nnc(-c2cccc(Cl)c2)s1. The number of nitrogens with zero attached hydrogens (tertiary/aromatic N) is 3. The molecule has 7 nitrogen and oxygen atoms in total. The highest BCUT2D eigenvalue weighted by atomic mass is 35.5. The molecule has 0 aliphatic carbocycles. The van der Waals surface area contributed by atoms with Crippen LogP contribution in [0.4, 0.5) is 9.93 Å². The Bertz CT molecular complexity index is 781. The molecule has 1 aromatic heterocycles. The van der Waals surface area contributed by atoms with Gasteiger partial charge in [0.15, 0.2) is 0 Å². The fourth-order valence-corrected chi connectivity index (χ4v) is 3.67. The molecule has 1 unspecified atom stereocenters. The zero-order chi connectivity index (χ0) is 17.8. The second-order valence-electron chi connectivity index (χ2n) is 5.60. The molecule has 2 aromatic rings. The molecule has 2 heterocycles. The van der Waals surface area contributed by atoms with Crippen LogP contribution in [0.3, 0.4) is 0 Å². The minimum absolute atomic E-state index is 0.211. The third kappa shape index (κ3) is 4.08. The van der Waals surface area contributed by atoms with Crippen molar-refractivity contribution in [1.82, 2.24) is 20.4 Å². The second kappa shape index (κ2) is 7.79. The number of hydrogen-bond donors (Lipinski definition) is 2. The molecule has 1 aliphatic heterocycles. The lowest BCUT2D eigenvalue weighted by molar-refractivity contribution is -0.119. The van der Waals surface area contributed by atoms with Gasteiger partial charge in [-0.05, 0) is 31.9 Å². The van der Waals surface area contributed by atoms with Crippen LogP contribution in [0.25, 0.3) is 10.6 Å². The second-order valence-corrected chi connectivity index (χ2v) is 7.01.